The van der Waals surface area contributed by atoms with Crippen molar-refractivity contribution in [2.24, 2.45) is 17.3 Å². The van der Waals surface area contributed by atoms with Crippen molar-refractivity contribution in [2.45, 2.75) is 52.1 Å². The summed E-state index contributed by atoms with van der Waals surface area (Å²) in [6.45, 7) is 14.7. The first-order valence-corrected chi connectivity index (χ1v) is 13.1. The summed E-state index contributed by atoms with van der Waals surface area (Å²) in [6, 6.07) is -0.741. The number of nitrogens with one attached hydrogen (secondary N) is 1. The third-order valence-corrected chi connectivity index (χ3v) is 6.67. The van der Waals surface area contributed by atoms with E-state index in [9.17, 15) is 24.7 Å². The molecule has 1 aliphatic rings. The third-order valence-electron chi connectivity index (χ3n) is 4.83. The van der Waals surface area contributed by atoms with Gasteiger partial charge in [-0.25, -0.2) is 4.79 Å². The number of hydrogen-bond acceptors (Lipinski definition) is 7. The second-order valence-electron chi connectivity index (χ2n) is 8.48. The Bertz CT molecular complexity index is 788. The van der Waals surface area contributed by atoms with Crippen LogP contribution in [0.3, 0.4) is 0 Å². The molecule has 0 aromatic carbocycles. The van der Waals surface area contributed by atoms with Crippen LogP contribution in [0.25, 0.3) is 5.53 Å². The molecule has 31 heavy (non-hydrogen) atoms. The predicted octanol–water partition coefficient (Wildman–Crippen LogP) is 1.65. The van der Waals surface area contributed by atoms with Crippen LogP contribution in [0.5, 0.6) is 0 Å². The Balaban J connectivity index is 3.27. The fraction of sp³-hybridized carbons (Fsp3) is 0.650. The molecule has 0 aliphatic carbocycles. The number of carbonyl (C=O) groups excluding carboxylic acids is 4. The van der Waals surface area contributed by atoms with Gasteiger partial charge in [-0.2, -0.15) is 4.79 Å². The van der Waals surface area contributed by atoms with Gasteiger partial charge in [0.15, 0.2) is 5.12 Å². The molecule has 1 N–H and O–H groups in total. The Labute approximate surface area is 188 Å². The van der Waals surface area contributed by atoms with Crippen LogP contribution in [0.4, 0.5) is 0 Å². The first kappa shape index (κ1) is 27.0. The number of ketones is 1. The zero-order valence-corrected chi connectivity index (χ0v) is 20.6. The van der Waals surface area contributed by atoms with E-state index in [2.05, 4.69) is 16.7 Å². The molecule has 11 heteroatoms. The lowest BCUT2D eigenvalue weighted by Gasteiger charge is -2.48. The fourth-order valence-electron chi connectivity index (χ4n) is 3.26. The van der Waals surface area contributed by atoms with E-state index < -0.39 is 43.7 Å². The minimum absolute atomic E-state index is 0.181. The number of thioether (sulfide) groups is 1. The molecule has 0 saturated carbocycles. The van der Waals surface area contributed by atoms with Crippen LogP contribution >= 0.6 is 11.8 Å². The molecule has 0 aromatic rings. The van der Waals surface area contributed by atoms with Gasteiger partial charge in [-0.1, -0.05) is 45.2 Å². The number of carbonyl (C=O) groups is 4. The van der Waals surface area contributed by atoms with Crippen molar-refractivity contribution < 1.29 is 33.1 Å². The van der Waals surface area contributed by atoms with Crippen LogP contribution in [0.15, 0.2) is 12.7 Å². The molecule has 0 aromatic heterocycles. The summed E-state index contributed by atoms with van der Waals surface area (Å²) < 4.78 is 10.7. The lowest BCUT2D eigenvalue weighted by atomic mass is 9.66. The van der Waals surface area contributed by atoms with Gasteiger partial charge in [-0.15, -0.1) is 0 Å². The average Bonchev–Trinajstić information content (AvgIpc) is 2.64. The Kier molecular flexibility index (Phi) is 10.0. The van der Waals surface area contributed by atoms with Crippen LogP contribution in [0.2, 0.25) is 13.1 Å². The summed E-state index contributed by atoms with van der Waals surface area (Å²) in [5.74, 6) is -3.14. The van der Waals surface area contributed by atoms with E-state index in [-0.39, 0.29) is 29.0 Å². The summed E-state index contributed by atoms with van der Waals surface area (Å²) in [4.78, 5) is 52.4. The Morgan fingerprint density at radius 3 is 2.39 bits per heavy atom. The lowest BCUT2D eigenvalue weighted by Crippen LogP contribution is -2.68. The quantitative estimate of drug-likeness (QED) is 0.0712. The first-order valence-electron chi connectivity index (χ1n) is 9.79. The number of ether oxygens (including phenoxy) is 1. The predicted molar refractivity (Wildman–Crippen MR) is 119 cm³/mol. The van der Waals surface area contributed by atoms with Crippen LogP contribution in [0.1, 0.15) is 27.7 Å². The number of esters is 1. The zero-order chi connectivity index (χ0) is 23.9. The largest absolute Gasteiger partial charge is 0.453 e. The number of rotatable bonds is 11. The maximum Gasteiger partial charge on any atom is 0.442 e. The third kappa shape index (κ3) is 7.24. The molecule has 1 fully saturated rings. The molecule has 1 amide bonds. The molecule has 0 bridgehead atoms. The Morgan fingerprint density at radius 1 is 1.35 bits per heavy atom. The molecular weight excluding hydrogens is 438 g/mol. The topological polar surface area (TPSA) is 135 Å². The maximum atomic E-state index is 13.1. The minimum atomic E-state index is -1.15. The van der Waals surface area contributed by atoms with Gasteiger partial charge in [0.25, 0.3) is 5.78 Å². The molecule has 4 atom stereocenters. The van der Waals surface area contributed by atoms with Gasteiger partial charge in [0.05, 0.1) is 12.0 Å². The van der Waals surface area contributed by atoms with Crippen molar-refractivity contribution in [3.8, 4) is 0 Å². The van der Waals surface area contributed by atoms with Gasteiger partial charge in [-0.3, -0.25) is 14.4 Å². The maximum absolute atomic E-state index is 13.1. The number of amides is 1. The van der Waals surface area contributed by atoms with Gasteiger partial charge < -0.3 is 20.0 Å². The van der Waals surface area contributed by atoms with Crippen LogP contribution in [0, 0.1) is 17.3 Å². The van der Waals surface area contributed by atoms with E-state index in [1.165, 1.54) is 13.0 Å². The highest BCUT2D eigenvalue weighted by Crippen LogP contribution is 2.41. The van der Waals surface area contributed by atoms with E-state index in [1.54, 1.807) is 0 Å². The van der Waals surface area contributed by atoms with Crippen LogP contribution < -0.4 is 5.32 Å². The minimum Gasteiger partial charge on any atom is -0.453 e. The molecule has 171 valence electrons. The van der Waals surface area contributed by atoms with Crippen LogP contribution in [-0.4, -0.2) is 66.8 Å². The van der Waals surface area contributed by atoms with Gasteiger partial charge in [0, 0.05) is 13.5 Å². The highest BCUT2D eigenvalue weighted by Gasteiger charge is 2.55. The number of nitrogens with zero attached hydrogens (tertiary/aromatic N) is 2. The summed E-state index contributed by atoms with van der Waals surface area (Å²) in [5, 5.41) is 1.16. The number of β-lactam (4-membered cyclic amide) rings is 1. The summed E-state index contributed by atoms with van der Waals surface area (Å²) in [6.07, 6.45) is 1.30. The highest BCUT2D eigenvalue weighted by molar-refractivity contribution is 8.14. The zero-order valence-electron chi connectivity index (χ0n) is 18.8. The average molecular weight is 469 g/mol. The van der Waals surface area contributed by atoms with E-state index >= 15 is 0 Å². The molecule has 1 aliphatic heterocycles. The summed E-state index contributed by atoms with van der Waals surface area (Å²) in [7, 11) is -1.01. The Hall–Kier alpha value is -2.07. The van der Waals surface area contributed by atoms with Crippen molar-refractivity contribution in [2.75, 3.05) is 13.2 Å². The van der Waals surface area contributed by atoms with E-state index in [0.717, 1.165) is 0 Å². The molecule has 1 saturated heterocycles. The lowest BCUT2D eigenvalue weighted by molar-refractivity contribution is -0.144. The van der Waals surface area contributed by atoms with Crippen molar-refractivity contribution in [1.82, 2.24) is 5.32 Å². The smallest absolute Gasteiger partial charge is 0.442 e. The molecule has 1 heterocycles. The Morgan fingerprint density at radius 2 is 1.97 bits per heavy atom. The van der Waals surface area contributed by atoms with Gasteiger partial charge in [-0.05, 0) is 24.4 Å². The summed E-state index contributed by atoms with van der Waals surface area (Å²) in [5.41, 5.74) is 8.10. The van der Waals surface area contributed by atoms with E-state index in [1.807, 2.05) is 33.9 Å². The standard InChI is InChI=1S/C20H30N3O6SSi/c1-8-9-28-19(27)15(23-21)16(25)17(30-11(2)24)14-13(18(26)22-14)12(20(3,4)5)10-29-31(6)7/h8,12-14,17H,1,9-10H2,2-7H3,(H,22,26)/t12-,13+,14+,17+/m1/s1. The fourth-order valence-corrected chi connectivity index (χ4v) is 4.73. The molecule has 0 spiro atoms. The first-order chi connectivity index (χ1) is 14.3. The SMILES string of the molecule is C=CCOC(=O)C(=[N+]=[N-])C(=O)[C@@H](SC(C)=O)[C@H]1NC(=O)[C@H]1[C@@H](CO[Si](C)C)C(C)(C)C. The monoisotopic (exact) mass is 468 g/mol. The second kappa shape index (κ2) is 11.5. The van der Waals surface area contributed by atoms with Crippen molar-refractivity contribution in [3.05, 3.63) is 18.2 Å². The van der Waals surface area contributed by atoms with Crippen molar-refractivity contribution >= 4 is 49.3 Å². The summed E-state index contributed by atoms with van der Waals surface area (Å²) >= 11 is 0.677. The number of Topliss-reactive ketones (excluding diaryl/α,β-unsaturated/α-hetero) is 1. The van der Waals surface area contributed by atoms with Crippen molar-refractivity contribution in [1.29, 1.82) is 0 Å². The van der Waals surface area contributed by atoms with Crippen molar-refractivity contribution in [3.63, 3.8) is 0 Å². The molecule has 1 radical (unpaired) electrons. The van der Waals surface area contributed by atoms with E-state index in [0.29, 0.717) is 18.4 Å². The normalized spacial score (nSPS) is 20.0. The molecule has 1 rings (SSSR count). The van der Waals surface area contributed by atoms with Crippen LogP contribution in [-0.2, 0) is 28.3 Å². The highest BCUT2D eigenvalue weighted by atomic mass is 32.2. The second-order valence-corrected chi connectivity index (χ2v) is 11.9. The van der Waals surface area contributed by atoms with Gasteiger partial charge in [0.2, 0.25) is 14.9 Å². The number of hydrogen-bond donors (Lipinski definition) is 1. The molecular formula is C20H30N3O6SSi. The van der Waals surface area contributed by atoms with Gasteiger partial charge in [0.1, 0.15) is 11.9 Å². The van der Waals surface area contributed by atoms with Gasteiger partial charge >= 0.3 is 11.7 Å². The molecule has 9 nitrogen and oxygen atoms in total. The molecule has 0 unspecified atom stereocenters. The van der Waals surface area contributed by atoms with E-state index in [4.69, 9.17) is 9.16 Å².